The summed E-state index contributed by atoms with van der Waals surface area (Å²) in [6.07, 6.45) is 4.77. The van der Waals surface area contributed by atoms with Crippen molar-refractivity contribution in [3.63, 3.8) is 0 Å². The van der Waals surface area contributed by atoms with Crippen molar-refractivity contribution < 1.29 is 33.3 Å². The lowest BCUT2D eigenvalue weighted by molar-refractivity contribution is -0.137. The first-order valence-electron chi connectivity index (χ1n) is 13.3. The van der Waals surface area contributed by atoms with Gasteiger partial charge in [-0.1, -0.05) is 43.3 Å². The molecule has 0 bridgehead atoms. The number of carboxylic acids is 1. The molecule has 3 heterocycles. The number of carboxylic acid groups (broad SMARTS) is 2. The third-order valence-corrected chi connectivity index (χ3v) is 6.83. The molecule has 40 heavy (non-hydrogen) atoms. The van der Waals surface area contributed by atoms with Crippen LogP contribution >= 0.6 is 0 Å². The average molecular weight is 550 g/mol. The van der Waals surface area contributed by atoms with Gasteiger partial charge in [0.2, 0.25) is 11.6 Å². The summed E-state index contributed by atoms with van der Waals surface area (Å²) in [5.41, 5.74) is 3.46. The van der Waals surface area contributed by atoms with Crippen LogP contribution in [-0.4, -0.2) is 63.3 Å². The van der Waals surface area contributed by atoms with Crippen LogP contribution in [-0.2, 0) is 16.0 Å². The molecule has 9 nitrogen and oxygen atoms in total. The highest BCUT2D eigenvalue weighted by molar-refractivity contribution is 6.03. The number of likely N-dealkylation sites (tertiary alicyclic amines) is 1. The number of aromatic nitrogens is 2. The lowest BCUT2D eigenvalue weighted by atomic mass is 9.98. The van der Waals surface area contributed by atoms with Crippen LogP contribution in [0.2, 0.25) is 0 Å². The summed E-state index contributed by atoms with van der Waals surface area (Å²) in [5, 5.41) is 16.5. The summed E-state index contributed by atoms with van der Waals surface area (Å²) in [7, 11) is 0. The number of nitrogens with zero attached hydrogens (tertiary/aromatic N) is 3. The Morgan fingerprint density at radius 3 is 2.65 bits per heavy atom. The van der Waals surface area contributed by atoms with Gasteiger partial charge in [-0.05, 0) is 62.0 Å². The molecule has 4 aromatic rings. The SMILES string of the molecule is CCc1ccc(-c2c(-c3ccccc3F)oc3ncnc(O[C@@H]4CCCN(CCCC(=O)O)C4)c23)cc1.O=CO. The predicted molar refractivity (Wildman–Crippen MR) is 148 cm³/mol. The molecule has 0 saturated carbocycles. The van der Waals surface area contributed by atoms with Gasteiger partial charge in [0, 0.05) is 18.5 Å². The molecule has 1 fully saturated rings. The van der Waals surface area contributed by atoms with Crippen LogP contribution in [0.15, 0.2) is 59.3 Å². The largest absolute Gasteiger partial charge is 0.483 e. The Morgan fingerprint density at radius 2 is 1.95 bits per heavy atom. The van der Waals surface area contributed by atoms with E-state index >= 15 is 0 Å². The van der Waals surface area contributed by atoms with Crippen molar-refractivity contribution in [3.05, 3.63) is 66.2 Å². The van der Waals surface area contributed by atoms with Crippen molar-refractivity contribution in [1.82, 2.24) is 14.9 Å². The Balaban J connectivity index is 0.00000118. The molecular formula is C30H32FN3O6. The summed E-state index contributed by atoms with van der Waals surface area (Å²) in [6.45, 7) is 4.16. The number of benzene rings is 2. The number of fused-ring (bicyclic) bond motifs is 1. The molecule has 0 spiro atoms. The van der Waals surface area contributed by atoms with Crippen LogP contribution in [0, 0.1) is 5.82 Å². The number of aliphatic carboxylic acids is 1. The van der Waals surface area contributed by atoms with Gasteiger partial charge in [0.15, 0.2) is 0 Å². The van der Waals surface area contributed by atoms with E-state index in [1.54, 1.807) is 18.2 Å². The van der Waals surface area contributed by atoms with Gasteiger partial charge in [0.05, 0.1) is 5.56 Å². The van der Waals surface area contributed by atoms with E-state index in [1.165, 1.54) is 18.0 Å². The van der Waals surface area contributed by atoms with Gasteiger partial charge in [-0.15, -0.1) is 0 Å². The maximum absolute atomic E-state index is 14.9. The molecular weight excluding hydrogens is 517 g/mol. The zero-order chi connectivity index (χ0) is 28.5. The maximum Gasteiger partial charge on any atom is 0.303 e. The number of rotatable bonds is 9. The van der Waals surface area contributed by atoms with E-state index in [0.29, 0.717) is 53.4 Å². The van der Waals surface area contributed by atoms with Crippen LogP contribution in [0.3, 0.4) is 0 Å². The molecule has 1 saturated heterocycles. The molecule has 0 aliphatic carbocycles. The Bertz CT molecular complexity index is 1440. The lowest BCUT2D eigenvalue weighted by Crippen LogP contribution is -2.41. The first-order chi connectivity index (χ1) is 19.4. The van der Waals surface area contributed by atoms with Gasteiger partial charge >= 0.3 is 5.97 Å². The second kappa shape index (κ2) is 13.7. The summed E-state index contributed by atoms with van der Waals surface area (Å²) in [6, 6.07) is 14.7. The standard InChI is InChI=1S/C29H30FN3O4.CH2O2/c1-2-19-11-13-20(14-12-19)25-26-28(36-21-7-5-15-33(17-21)16-6-10-24(34)35)31-18-32-29(26)37-27(25)22-8-3-4-9-23(22)30;2-1-3/h3-4,8-9,11-14,18,21H,2,5-7,10,15-17H2,1H3,(H,34,35);1H,(H,2,3)/t21-;/m1./s1. The van der Waals surface area contributed by atoms with Crippen molar-refractivity contribution in [1.29, 1.82) is 0 Å². The third kappa shape index (κ3) is 6.81. The van der Waals surface area contributed by atoms with E-state index in [4.69, 9.17) is 24.2 Å². The van der Waals surface area contributed by atoms with Crippen LogP contribution in [0.1, 0.15) is 38.2 Å². The molecule has 1 atom stereocenters. The second-order valence-corrected chi connectivity index (χ2v) is 9.48. The summed E-state index contributed by atoms with van der Waals surface area (Å²) in [4.78, 5) is 30.3. The number of aryl methyl sites for hydroxylation is 1. The van der Waals surface area contributed by atoms with Crippen LogP contribution < -0.4 is 4.74 Å². The minimum absolute atomic E-state index is 0.112. The molecule has 0 radical (unpaired) electrons. The summed E-state index contributed by atoms with van der Waals surface area (Å²) in [5.74, 6) is -0.365. The molecule has 1 aliphatic rings. The van der Waals surface area contributed by atoms with Crippen LogP contribution in [0.4, 0.5) is 4.39 Å². The number of hydrogen-bond acceptors (Lipinski definition) is 7. The van der Waals surface area contributed by atoms with Gasteiger partial charge in [0.1, 0.15) is 29.4 Å². The molecule has 1 aliphatic heterocycles. The molecule has 2 aromatic heterocycles. The summed E-state index contributed by atoms with van der Waals surface area (Å²) < 4.78 is 27.5. The van der Waals surface area contributed by atoms with Gasteiger partial charge in [-0.3, -0.25) is 14.5 Å². The van der Waals surface area contributed by atoms with Crippen molar-refractivity contribution in [3.8, 4) is 28.3 Å². The van der Waals surface area contributed by atoms with Crippen molar-refractivity contribution in [2.75, 3.05) is 19.6 Å². The number of hydrogen-bond donors (Lipinski definition) is 2. The smallest absolute Gasteiger partial charge is 0.303 e. The Kier molecular flexibility index (Phi) is 9.80. The first kappa shape index (κ1) is 28.7. The monoisotopic (exact) mass is 549 g/mol. The first-order valence-corrected chi connectivity index (χ1v) is 13.3. The highest BCUT2D eigenvalue weighted by Gasteiger charge is 2.27. The number of furan rings is 1. The number of piperidine rings is 1. The van der Waals surface area contributed by atoms with E-state index in [1.807, 2.05) is 12.1 Å². The van der Waals surface area contributed by atoms with Crippen molar-refractivity contribution >= 4 is 23.5 Å². The fourth-order valence-corrected chi connectivity index (χ4v) is 4.94. The number of ether oxygens (including phenoxy) is 1. The van der Waals surface area contributed by atoms with Crippen LogP contribution in [0.5, 0.6) is 5.88 Å². The quantitative estimate of drug-likeness (QED) is 0.254. The third-order valence-electron chi connectivity index (χ3n) is 6.83. The second-order valence-electron chi connectivity index (χ2n) is 9.48. The van der Waals surface area contributed by atoms with Gasteiger partial charge < -0.3 is 19.4 Å². The minimum atomic E-state index is -0.779. The van der Waals surface area contributed by atoms with Gasteiger partial charge in [-0.25, -0.2) is 14.4 Å². The average Bonchev–Trinajstić information content (AvgIpc) is 3.34. The predicted octanol–water partition coefficient (Wildman–Crippen LogP) is 5.67. The fraction of sp³-hybridized carbons (Fsp3) is 0.333. The maximum atomic E-state index is 14.9. The van der Waals surface area contributed by atoms with E-state index in [9.17, 15) is 9.18 Å². The molecule has 2 aromatic carbocycles. The highest BCUT2D eigenvalue weighted by Crippen LogP contribution is 2.44. The molecule has 0 unspecified atom stereocenters. The molecule has 210 valence electrons. The van der Waals surface area contributed by atoms with Crippen molar-refractivity contribution in [2.24, 2.45) is 0 Å². The normalized spacial score (nSPS) is 15.3. The van der Waals surface area contributed by atoms with E-state index in [0.717, 1.165) is 31.4 Å². The van der Waals surface area contributed by atoms with E-state index in [-0.39, 0.29) is 24.8 Å². The fourth-order valence-electron chi connectivity index (χ4n) is 4.94. The zero-order valence-electron chi connectivity index (χ0n) is 22.3. The molecule has 2 N–H and O–H groups in total. The van der Waals surface area contributed by atoms with E-state index in [2.05, 4.69) is 33.9 Å². The summed E-state index contributed by atoms with van der Waals surface area (Å²) >= 11 is 0. The Hall–Kier alpha value is -4.31. The van der Waals surface area contributed by atoms with Crippen molar-refractivity contribution in [2.45, 2.75) is 45.1 Å². The lowest BCUT2D eigenvalue weighted by Gasteiger charge is -2.32. The Morgan fingerprint density at radius 1 is 1.20 bits per heavy atom. The molecule has 5 rings (SSSR count). The van der Waals surface area contributed by atoms with Crippen LogP contribution in [0.25, 0.3) is 33.6 Å². The molecule has 10 heteroatoms. The zero-order valence-corrected chi connectivity index (χ0v) is 22.3. The minimum Gasteiger partial charge on any atom is -0.483 e. The highest BCUT2D eigenvalue weighted by atomic mass is 19.1. The topological polar surface area (TPSA) is 126 Å². The van der Waals surface area contributed by atoms with Gasteiger partial charge in [0.25, 0.3) is 6.47 Å². The number of carbonyl (C=O) groups is 2. The Labute approximate surface area is 231 Å². The number of halogens is 1. The molecule has 0 amide bonds. The van der Waals surface area contributed by atoms with E-state index < -0.39 is 5.97 Å². The van der Waals surface area contributed by atoms with Gasteiger partial charge in [-0.2, -0.15) is 0 Å².